The molecule has 6 heteroatoms. The molecule has 0 bridgehead atoms. The van der Waals surface area contributed by atoms with Crippen LogP contribution in [0.3, 0.4) is 0 Å². The van der Waals surface area contributed by atoms with E-state index in [0.717, 1.165) is 18.4 Å². The van der Waals surface area contributed by atoms with E-state index in [2.05, 4.69) is 23.7 Å². The fourth-order valence-corrected chi connectivity index (χ4v) is 3.21. The molecule has 0 aromatic carbocycles. The largest absolute Gasteiger partial charge is 0.382 e. The van der Waals surface area contributed by atoms with Crippen molar-refractivity contribution in [3.63, 3.8) is 0 Å². The van der Waals surface area contributed by atoms with Crippen LogP contribution in [0.1, 0.15) is 31.5 Å². The number of rotatable bonds is 9. The van der Waals surface area contributed by atoms with Crippen LogP contribution in [0.2, 0.25) is 0 Å². The van der Waals surface area contributed by atoms with E-state index in [1.54, 1.807) is 18.4 Å². The summed E-state index contributed by atoms with van der Waals surface area (Å²) in [4.78, 5) is 14.4. The second-order valence-electron chi connectivity index (χ2n) is 5.10. The number of amides is 1. The van der Waals surface area contributed by atoms with E-state index in [-0.39, 0.29) is 18.1 Å². The number of carbonyl (C=O) groups is 1. The standard InChI is InChI=1S/C15H24N2O3S/c1-3-4-13-15(18)17(6-7-20-9-8-19-2)14(16-13)12-5-10-21-11-12/h5,10-11,13-14,16H,3-4,6-9H2,1-2H3. The fourth-order valence-electron chi connectivity index (χ4n) is 2.53. The van der Waals surface area contributed by atoms with Gasteiger partial charge in [0.1, 0.15) is 6.17 Å². The molecule has 0 saturated carbocycles. The Morgan fingerprint density at radius 3 is 2.90 bits per heavy atom. The van der Waals surface area contributed by atoms with Crippen LogP contribution >= 0.6 is 11.3 Å². The van der Waals surface area contributed by atoms with Gasteiger partial charge in [0.15, 0.2) is 0 Å². The summed E-state index contributed by atoms with van der Waals surface area (Å²) in [5.41, 5.74) is 1.16. The van der Waals surface area contributed by atoms with Gasteiger partial charge in [0, 0.05) is 13.7 Å². The van der Waals surface area contributed by atoms with Gasteiger partial charge in [-0.15, -0.1) is 0 Å². The molecular formula is C15H24N2O3S. The molecule has 1 aliphatic rings. The Morgan fingerprint density at radius 2 is 2.24 bits per heavy atom. The lowest BCUT2D eigenvalue weighted by Crippen LogP contribution is -2.34. The molecule has 1 aliphatic heterocycles. The summed E-state index contributed by atoms with van der Waals surface area (Å²) in [7, 11) is 1.65. The quantitative estimate of drug-likeness (QED) is 0.709. The Hall–Kier alpha value is -0.950. The predicted octanol–water partition coefficient (Wildman–Crippen LogP) is 2.01. The molecule has 118 valence electrons. The minimum Gasteiger partial charge on any atom is -0.382 e. The average molecular weight is 312 g/mol. The molecule has 0 spiro atoms. The number of carbonyl (C=O) groups excluding carboxylic acids is 1. The van der Waals surface area contributed by atoms with Gasteiger partial charge < -0.3 is 14.4 Å². The van der Waals surface area contributed by atoms with E-state index in [0.29, 0.717) is 26.4 Å². The molecule has 1 aromatic heterocycles. The third-order valence-electron chi connectivity index (χ3n) is 3.60. The van der Waals surface area contributed by atoms with Crippen LogP contribution < -0.4 is 5.32 Å². The van der Waals surface area contributed by atoms with Crippen molar-refractivity contribution in [2.24, 2.45) is 0 Å². The summed E-state index contributed by atoms with van der Waals surface area (Å²) in [5.74, 6) is 0.184. The molecule has 1 fully saturated rings. The molecule has 0 radical (unpaired) electrons. The van der Waals surface area contributed by atoms with Crippen LogP contribution in [0, 0.1) is 0 Å². The highest BCUT2D eigenvalue weighted by Gasteiger charge is 2.38. The molecule has 2 rings (SSSR count). The minimum atomic E-state index is -0.0705. The molecule has 0 aliphatic carbocycles. The SMILES string of the molecule is CCCC1NC(c2ccsc2)N(CCOCCOC)C1=O. The first-order chi connectivity index (χ1) is 10.3. The zero-order valence-corrected chi connectivity index (χ0v) is 13.5. The van der Waals surface area contributed by atoms with E-state index >= 15 is 0 Å². The summed E-state index contributed by atoms with van der Waals surface area (Å²) in [6.45, 7) is 4.39. The van der Waals surface area contributed by atoms with Crippen molar-refractivity contribution in [3.8, 4) is 0 Å². The third-order valence-corrected chi connectivity index (χ3v) is 4.30. The number of nitrogens with zero attached hydrogens (tertiary/aromatic N) is 1. The van der Waals surface area contributed by atoms with E-state index in [1.165, 1.54) is 0 Å². The summed E-state index contributed by atoms with van der Waals surface area (Å²) in [6, 6.07) is 2.00. The zero-order chi connectivity index (χ0) is 15.1. The van der Waals surface area contributed by atoms with E-state index in [9.17, 15) is 4.79 Å². The first-order valence-electron chi connectivity index (χ1n) is 7.43. The van der Waals surface area contributed by atoms with Gasteiger partial charge in [-0.3, -0.25) is 10.1 Å². The van der Waals surface area contributed by atoms with E-state index in [4.69, 9.17) is 9.47 Å². The van der Waals surface area contributed by atoms with Gasteiger partial charge in [-0.1, -0.05) is 13.3 Å². The number of methoxy groups -OCH3 is 1. The Bertz CT molecular complexity index is 425. The number of thiophene rings is 1. The normalized spacial score (nSPS) is 22.2. The maximum atomic E-state index is 12.5. The lowest BCUT2D eigenvalue weighted by atomic mass is 10.2. The summed E-state index contributed by atoms with van der Waals surface area (Å²) in [5, 5.41) is 7.59. The zero-order valence-electron chi connectivity index (χ0n) is 12.7. The predicted molar refractivity (Wildman–Crippen MR) is 83.3 cm³/mol. The molecule has 21 heavy (non-hydrogen) atoms. The summed E-state index contributed by atoms with van der Waals surface area (Å²) < 4.78 is 10.4. The highest BCUT2D eigenvalue weighted by atomic mass is 32.1. The number of ether oxygens (including phenoxy) is 2. The van der Waals surface area contributed by atoms with Crippen molar-refractivity contribution in [1.82, 2.24) is 10.2 Å². The first-order valence-corrected chi connectivity index (χ1v) is 8.37. The van der Waals surface area contributed by atoms with Crippen LogP contribution in [0.15, 0.2) is 16.8 Å². The highest BCUT2D eigenvalue weighted by molar-refractivity contribution is 7.07. The van der Waals surface area contributed by atoms with Gasteiger partial charge in [-0.25, -0.2) is 0 Å². The lowest BCUT2D eigenvalue weighted by Gasteiger charge is -2.23. The number of hydrogen-bond donors (Lipinski definition) is 1. The molecule has 2 atom stereocenters. The Balaban J connectivity index is 1.94. The Kier molecular flexibility index (Phi) is 6.63. The van der Waals surface area contributed by atoms with Crippen molar-refractivity contribution in [1.29, 1.82) is 0 Å². The van der Waals surface area contributed by atoms with Gasteiger partial charge in [0.05, 0.1) is 25.9 Å². The van der Waals surface area contributed by atoms with Crippen LogP contribution in [0.4, 0.5) is 0 Å². The van der Waals surface area contributed by atoms with Crippen molar-refractivity contribution in [2.45, 2.75) is 32.0 Å². The van der Waals surface area contributed by atoms with Crippen LogP contribution in [-0.4, -0.2) is 50.3 Å². The molecule has 1 aromatic rings. The van der Waals surface area contributed by atoms with Gasteiger partial charge >= 0.3 is 0 Å². The number of nitrogens with one attached hydrogen (secondary N) is 1. The average Bonchev–Trinajstić information content (AvgIpc) is 3.10. The molecular weight excluding hydrogens is 288 g/mol. The Labute approximate surface area is 130 Å². The maximum absolute atomic E-state index is 12.5. The molecule has 1 amide bonds. The van der Waals surface area contributed by atoms with Crippen molar-refractivity contribution in [3.05, 3.63) is 22.4 Å². The second kappa shape index (κ2) is 8.48. The van der Waals surface area contributed by atoms with Crippen molar-refractivity contribution >= 4 is 17.2 Å². The topological polar surface area (TPSA) is 50.8 Å². The minimum absolute atomic E-state index is 0.0219. The van der Waals surface area contributed by atoms with Gasteiger partial charge in [0.25, 0.3) is 0 Å². The maximum Gasteiger partial charge on any atom is 0.241 e. The molecule has 2 heterocycles. The molecule has 2 unspecified atom stereocenters. The van der Waals surface area contributed by atoms with Crippen LogP contribution in [0.25, 0.3) is 0 Å². The highest BCUT2D eigenvalue weighted by Crippen LogP contribution is 2.28. The molecule has 5 nitrogen and oxygen atoms in total. The van der Waals surface area contributed by atoms with Crippen molar-refractivity contribution < 1.29 is 14.3 Å². The smallest absolute Gasteiger partial charge is 0.241 e. The van der Waals surface area contributed by atoms with Crippen LogP contribution in [-0.2, 0) is 14.3 Å². The van der Waals surface area contributed by atoms with Gasteiger partial charge in [-0.2, -0.15) is 11.3 Å². The lowest BCUT2D eigenvalue weighted by molar-refractivity contribution is -0.131. The van der Waals surface area contributed by atoms with Crippen molar-refractivity contribution in [2.75, 3.05) is 33.5 Å². The second-order valence-corrected chi connectivity index (χ2v) is 5.88. The van der Waals surface area contributed by atoms with E-state index in [1.807, 2.05) is 10.3 Å². The monoisotopic (exact) mass is 312 g/mol. The Morgan fingerprint density at radius 1 is 1.38 bits per heavy atom. The summed E-state index contributed by atoms with van der Waals surface area (Å²) >= 11 is 1.65. The fraction of sp³-hybridized carbons (Fsp3) is 0.667. The first kappa shape index (κ1) is 16.4. The van der Waals surface area contributed by atoms with E-state index < -0.39 is 0 Å². The summed E-state index contributed by atoms with van der Waals surface area (Å²) in [6.07, 6.45) is 1.85. The number of hydrogen-bond acceptors (Lipinski definition) is 5. The van der Waals surface area contributed by atoms with Gasteiger partial charge in [-0.05, 0) is 28.8 Å². The van der Waals surface area contributed by atoms with Gasteiger partial charge in [0.2, 0.25) is 5.91 Å². The third kappa shape index (κ3) is 4.26. The van der Waals surface area contributed by atoms with Crippen LogP contribution in [0.5, 0.6) is 0 Å². The molecule has 1 saturated heterocycles. The molecule has 1 N–H and O–H groups in total.